The molecule has 0 unspecified atom stereocenters. The van der Waals surface area contributed by atoms with Crippen molar-refractivity contribution in [3.63, 3.8) is 0 Å². The predicted molar refractivity (Wildman–Crippen MR) is 72.0 cm³/mol. The standard InChI is InChI=1S/C13H13BrN2O2/c1-3-18-13(17)12-8-9(2)16(15-12)11-6-4-10(14)5-7-11/h4-8H,3H2,1-2H3. The minimum Gasteiger partial charge on any atom is -0.461 e. The van der Waals surface area contributed by atoms with E-state index in [2.05, 4.69) is 21.0 Å². The van der Waals surface area contributed by atoms with Crippen molar-refractivity contribution in [3.8, 4) is 5.69 Å². The van der Waals surface area contributed by atoms with Gasteiger partial charge in [0.2, 0.25) is 0 Å². The van der Waals surface area contributed by atoms with Crippen molar-refractivity contribution >= 4 is 21.9 Å². The molecule has 1 heterocycles. The molecule has 0 bridgehead atoms. The van der Waals surface area contributed by atoms with E-state index in [4.69, 9.17) is 4.74 Å². The van der Waals surface area contributed by atoms with Gasteiger partial charge in [-0.1, -0.05) is 15.9 Å². The Morgan fingerprint density at radius 2 is 2.06 bits per heavy atom. The molecule has 1 aromatic heterocycles. The normalized spacial score (nSPS) is 10.4. The number of ether oxygens (including phenoxy) is 1. The summed E-state index contributed by atoms with van der Waals surface area (Å²) in [6.45, 7) is 4.03. The first-order valence-corrected chi connectivity index (χ1v) is 6.41. The van der Waals surface area contributed by atoms with E-state index < -0.39 is 5.97 Å². The van der Waals surface area contributed by atoms with E-state index in [9.17, 15) is 4.79 Å². The molecule has 0 saturated heterocycles. The molecule has 0 atom stereocenters. The van der Waals surface area contributed by atoms with Crippen LogP contribution in [0.5, 0.6) is 0 Å². The summed E-state index contributed by atoms with van der Waals surface area (Å²) >= 11 is 3.38. The van der Waals surface area contributed by atoms with Gasteiger partial charge in [0.15, 0.2) is 5.69 Å². The number of carbonyl (C=O) groups is 1. The quantitative estimate of drug-likeness (QED) is 0.818. The summed E-state index contributed by atoms with van der Waals surface area (Å²) in [5.74, 6) is -0.392. The van der Waals surface area contributed by atoms with Gasteiger partial charge in [-0.25, -0.2) is 9.48 Å². The molecule has 1 aromatic carbocycles. The highest BCUT2D eigenvalue weighted by atomic mass is 79.9. The van der Waals surface area contributed by atoms with Crippen LogP contribution in [0.3, 0.4) is 0 Å². The highest BCUT2D eigenvalue weighted by Gasteiger charge is 2.13. The van der Waals surface area contributed by atoms with Crippen LogP contribution in [0.2, 0.25) is 0 Å². The molecule has 18 heavy (non-hydrogen) atoms. The average Bonchev–Trinajstić information content (AvgIpc) is 2.73. The fourth-order valence-electron chi connectivity index (χ4n) is 1.62. The lowest BCUT2D eigenvalue weighted by molar-refractivity contribution is 0.0519. The van der Waals surface area contributed by atoms with Crippen LogP contribution < -0.4 is 0 Å². The largest absolute Gasteiger partial charge is 0.461 e. The van der Waals surface area contributed by atoms with Crippen molar-refractivity contribution in [2.75, 3.05) is 6.61 Å². The molecule has 2 aromatic rings. The Morgan fingerprint density at radius 3 is 2.67 bits per heavy atom. The molecule has 0 fully saturated rings. The third-order valence-electron chi connectivity index (χ3n) is 2.44. The number of hydrogen-bond acceptors (Lipinski definition) is 3. The van der Waals surface area contributed by atoms with Gasteiger partial charge in [0.1, 0.15) is 0 Å². The summed E-state index contributed by atoms with van der Waals surface area (Å²) < 4.78 is 7.65. The van der Waals surface area contributed by atoms with E-state index in [0.29, 0.717) is 12.3 Å². The lowest BCUT2D eigenvalue weighted by Gasteiger charge is -2.03. The number of benzene rings is 1. The van der Waals surface area contributed by atoms with E-state index in [1.54, 1.807) is 17.7 Å². The Hall–Kier alpha value is -1.62. The van der Waals surface area contributed by atoms with Crippen LogP contribution in [-0.2, 0) is 4.74 Å². The van der Waals surface area contributed by atoms with Gasteiger partial charge in [-0.15, -0.1) is 0 Å². The Kier molecular flexibility index (Phi) is 3.81. The summed E-state index contributed by atoms with van der Waals surface area (Å²) in [7, 11) is 0. The molecule has 0 spiro atoms. The number of hydrogen-bond donors (Lipinski definition) is 0. The third kappa shape index (κ3) is 2.61. The number of aryl methyl sites for hydroxylation is 1. The van der Waals surface area contributed by atoms with Crippen LogP contribution in [0.15, 0.2) is 34.8 Å². The predicted octanol–water partition coefficient (Wildman–Crippen LogP) is 3.12. The van der Waals surface area contributed by atoms with E-state index in [0.717, 1.165) is 15.9 Å². The Labute approximate surface area is 114 Å². The smallest absolute Gasteiger partial charge is 0.358 e. The van der Waals surface area contributed by atoms with Crippen molar-refractivity contribution in [1.29, 1.82) is 0 Å². The minimum atomic E-state index is -0.392. The van der Waals surface area contributed by atoms with E-state index in [1.165, 1.54) is 0 Å². The van der Waals surface area contributed by atoms with Gasteiger partial charge in [0.05, 0.1) is 12.3 Å². The van der Waals surface area contributed by atoms with Crippen molar-refractivity contribution in [2.24, 2.45) is 0 Å². The zero-order chi connectivity index (χ0) is 13.1. The first-order chi connectivity index (χ1) is 8.61. The van der Waals surface area contributed by atoms with Gasteiger partial charge in [-0.05, 0) is 44.2 Å². The average molecular weight is 309 g/mol. The van der Waals surface area contributed by atoms with Gasteiger partial charge in [0.25, 0.3) is 0 Å². The summed E-state index contributed by atoms with van der Waals surface area (Å²) in [5, 5.41) is 4.26. The molecule has 0 aliphatic heterocycles. The van der Waals surface area contributed by atoms with Crippen molar-refractivity contribution < 1.29 is 9.53 Å². The van der Waals surface area contributed by atoms with Crippen molar-refractivity contribution in [1.82, 2.24) is 9.78 Å². The van der Waals surface area contributed by atoms with E-state index in [1.807, 2.05) is 31.2 Å². The SMILES string of the molecule is CCOC(=O)c1cc(C)n(-c2ccc(Br)cc2)n1. The van der Waals surface area contributed by atoms with Crippen molar-refractivity contribution in [2.45, 2.75) is 13.8 Å². The van der Waals surface area contributed by atoms with Gasteiger partial charge in [-0.3, -0.25) is 0 Å². The number of esters is 1. The van der Waals surface area contributed by atoms with Crippen LogP contribution in [0, 0.1) is 6.92 Å². The maximum atomic E-state index is 11.6. The van der Waals surface area contributed by atoms with Crippen LogP contribution in [-0.4, -0.2) is 22.4 Å². The Balaban J connectivity index is 2.34. The zero-order valence-electron chi connectivity index (χ0n) is 10.2. The maximum absolute atomic E-state index is 11.6. The second kappa shape index (κ2) is 5.35. The monoisotopic (exact) mass is 308 g/mol. The zero-order valence-corrected chi connectivity index (χ0v) is 11.8. The second-order valence-corrected chi connectivity index (χ2v) is 4.70. The lowest BCUT2D eigenvalue weighted by Crippen LogP contribution is -2.06. The molecule has 0 radical (unpaired) electrons. The van der Waals surface area contributed by atoms with Gasteiger partial charge in [-0.2, -0.15) is 5.10 Å². The molecule has 0 saturated carbocycles. The molecule has 4 nitrogen and oxygen atoms in total. The third-order valence-corrected chi connectivity index (χ3v) is 2.97. The van der Waals surface area contributed by atoms with Crippen LogP contribution in [0.1, 0.15) is 23.1 Å². The Bertz CT molecular complexity index is 561. The first kappa shape index (κ1) is 12.8. The number of rotatable bonds is 3. The molecule has 2 rings (SSSR count). The molecule has 0 aliphatic rings. The number of halogens is 1. The molecular weight excluding hydrogens is 296 g/mol. The topological polar surface area (TPSA) is 44.1 Å². The summed E-state index contributed by atoms with van der Waals surface area (Å²) in [6.07, 6.45) is 0. The highest BCUT2D eigenvalue weighted by molar-refractivity contribution is 9.10. The van der Waals surface area contributed by atoms with Crippen LogP contribution in [0.4, 0.5) is 0 Å². The van der Waals surface area contributed by atoms with Gasteiger partial charge in [0, 0.05) is 10.2 Å². The summed E-state index contributed by atoms with van der Waals surface area (Å²) in [6, 6.07) is 9.44. The first-order valence-electron chi connectivity index (χ1n) is 5.61. The fourth-order valence-corrected chi connectivity index (χ4v) is 1.89. The number of nitrogens with zero attached hydrogens (tertiary/aromatic N) is 2. The molecule has 0 amide bonds. The van der Waals surface area contributed by atoms with Gasteiger partial charge >= 0.3 is 5.97 Å². The van der Waals surface area contributed by atoms with Gasteiger partial charge < -0.3 is 4.74 Å². The maximum Gasteiger partial charge on any atom is 0.358 e. The second-order valence-electron chi connectivity index (χ2n) is 3.78. The lowest BCUT2D eigenvalue weighted by atomic mass is 10.3. The molecule has 94 valence electrons. The number of carbonyl (C=O) groups excluding carboxylic acids is 1. The Morgan fingerprint density at radius 1 is 1.39 bits per heavy atom. The van der Waals surface area contributed by atoms with Crippen LogP contribution >= 0.6 is 15.9 Å². The molecule has 5 heteroatoms. The summed E-state index contributed by atoms with van der Waals surface area (Å²) in [5.41, 5.74) is 2.13. The molecule has 0 aliphatic carbocycles. The number of aromatic nitrogens is 2. The minimum absolute atomic E-state index is 0.331. The summed E-state index contributed by atoms with van der Waals surface area (Å²) in [4.78, 5) is 11.6. The van der Waals surface area contributed by atoms with Crippen LogP contribution in [0.25, 0.3) is 5.69 Å². The fraction of sp³-hybridized carbons (Fsp3) is 0.231. The molecular formula is C13H13BrN2O2. The van der Waals surface area contributed by atoms with E-state index >= 15 is 0 Å². The molecule has 0 N–H and O–H groups in total. The highest BCUT2D eigenvalue weighted by Crippen LogP contribution is 2.16. The van der Waals surface area contributed by atoms with Crippen molar-refractivity contribution in [3.05, 3.63) is 46.2 Å². The van der Waals surface area contributed by atoms with E-state index in [-0.39, 0.29) is 0 Å².